The van der Waals surface area contributed by atoms with Crippen LogP contribution in [-0.4, -0.2) is 22.3 Å². The van der Waals surface area contributed by atoms with Gasteiger partial charge in [-0.25, -0.2) is 4.98 Å². The lowest BCUT2D eigenvalue weighted by atomic mass is 9.99. The van der Waals surface area contributed by atoms with Gasteiger partial charge in [0.25, 0.3) is 0 Å². The Morgan fingerprint density at radius 3 is 3.12 bits per heavy atom. The molecule has 1 aromatic rings. The van der Waals surface area contributed by atoms with Crippen molar-refractivity contribution in [1.29, 1.82) is 0 Å². The number of rotatable bonds is 2. The van der Waals surface area contributed by atoms with Crippen molar-refractivity contribution >= 4 is 11.7 Å². The lowest BCUT2D eigenvalue weighted by Gasteiger charge is -2.30. The summed E-state index contributed by atoms with van der Waals surface area (Å²) in [6, 6.07) is 5.53. The highest BCUT2D eigenvalue weighted by Gasteiger charge is 2.25. The molecule has 0 radical (unpaired) electrons. The van der Waals surface area contributed by atoms with Crippen molar-refractivity contribution in [3.8, 4) is 0 Å². The number of anilines is 1. The fourth-order valence-corrected chi connectivity index (χ4v) is 2.07. The van der Waals surface area contributed by atoms with Gasteiger partial charge in [0.15, 0.2) is 0 Å². The Bertz CT molecular complexity index is 392. The number of hydrogen-bond donors (Lipinski definition) is 1. The summed E-state index contributed by atoms with van der Waals surface area (Å²) in [5.41, 5.74) is 6.47. The van der Waals surface area contributed by atoms with Crippen molar-refractivity contribution in [3.63, 3.8) is 0 Å². The Balaban J connectivity index is 2.06. The van der Waals surface area contributed by atoms with Crippen LogP contribution in [0.15, 0.2) is 18.2 Å². The maximum Gasteiger partial charge on any atom is 0.225 e. The van der Waals surface area contributed by atoms with E-state index in [2.05, 4.69) is 4.98 Å². The van der Waals surface area contributed by atoms with E-state index in [9.17, 15) is 4.79 Å². The molecule has 0 aromatic carbocycles. The molecule has 1 aliphatic rings. The molecule has 4 heteroatoms. The van der Waals surface area contributed by atoms with Gasteiger partial charge in [-0.1, -0.05) is 13.0 Å². The van der Waals surface area contributed by atoms with Crippen molar-refractivity contribution in [1.82, 2.24) is 9.88 Å². The van der Waals surface area contributed by atoms with E-state index in [0.29, 0.717) is 12.4 Å². The van der Waals surface area contributed by atoms with Crippen LogP contribution in [0.4, 0.5) is 5.82 Å². The molecule has 0 spiro atoms. The molecule has 1 saturated heterocycles. The van der Waals surface area contributed by atoms with E-state index < -0.39 is 0 Å². The second kappa shape index (κ2) is 4.51. The Labute approximate surface area is 95.5 Å². The average Bonchev–Trinajstić information content (AvgIpc) is 2.25. The summed E-state index contributed by atoms with van der Waals surface area (Å²) in [6.45, 7) is 3.40. The Kier molecular flexibility index (Phi) is 3.08. The molecule has 0 bridgehead atoms. The van der Waals surface area contributed by atoms with Gasteiger partial charge in [0.2, 0.25) is 5.91 Å². The van der Waals surface area contributed by atoms with E-state index in [1.54, 1.807) is 6.07 Å². The number of nitrogens with zero attached hydrogens (tertiary/aromatic N) is 2. The van der Waals surface area contributed by atoms with Crippen molar-refractivity contribution < 1.29 is 4.79 Å². The molecule has 2 heterocycles. The van der Waals surface area contributed by atoms with E-state index in [1.165, 1.54) is 0 Å². The number of nitrogen functional groups attached to an aromatic ring is 1. The monoisotopic (exact) mass is 219 g/mol. The molecule has 0 aliphatic carbocycles. The van der Waals surface area contributed by atoms with E-state index >= 15 is 0 Å². The van der Waals surface area contributed by atoms with E-state index in [0.717, 1.165) is 25.1 Å². The highest BCUT2D eigenvalue weighted by molar-refractivity contribution is 5.79. The van der Waals surface area contributed by atoms with Crippen LogP contribution < -0.4 is 5.73 Å². The molecule has 1 aromatic heterocycles. The number of pyridine rings is 1. The first kappa shape index (κ1) is 10.9. The predicted molar refractivity (Wildman–Crippen MR) is 62.5 cm³/mol. The van der Waals surface area contributed by atoms with Gasteiger partial charge in [-0.15, -0.1) is 0 Å². The fourth-order valence-electron chi connectivity index (χ4n) is 2.07. The topological polar surface area (TPSA) is 59.2 Å². The summed E-state index contributed by atoms with van der Waals surface area (Å²) in [7, 11) is 0. The van der Waals surface area contributed by atoms with E-state index in [-0.39, 0.29) is 11.8 Å². The second-order valence-electron chi connectivity index (χ2n) is 4.36. The third-order valence-electron chi connectivity index (χ3n) is 2.98. The minimum atomic E-state index is 0.148. The lowest BCUT2D eigenvalue weighted by Crippen LogP contribution is -2.39. The van der Waals surface area contributed by atoms with Gasteiger partial charge in [-0.2, -0.15) is 0 Å². The standard InChI is InChI=1S/C12H17N3O/c1-9-4-3-7-15(12(9)16)8-10-5-2-6-11(13)14-10/h2,5-6,9H,3-4,7-8H2,1H3,(H2,13,14). The predicted octanol–water partition coefficient (Wildman–Crippen LogP) is 1.42. The van der Waals surface area contributed by atoms with Crippen LogP contribution in [0.25, 0.3) is 0 Å². The average molecular weight is 219 g/mol. The lowest BCUT2D eigenvalue weighted by molar-refractivity contribution is -0.138. The van der Waals surface area contributed by atoms with E-state index in [1.807, 2.05) is 24.0 Å². The zero-order valence-corrected chi connectivity index (χ0v) is 9.52. The first-order valence-corrected chi connectivity index (χ1v) is 5.67. The molecular formula is C12H17N3O. The number of carbonyl (C=O) groups excluding carboxylic acids is 1. The Hall–Kier alpha value is -1.58. The van der Waals surface area contributed by atoms with Gasteiger partial charge in [0, 0.05) is 12.5 Å². The SMILES string of the molecule is CC1CCCN(Cc2cccc(N)n2)C1=O. The number of amides is 1. The molecule has 0 saturated carbocycles. The van der Waals surface area contributed by atoms with Crippen LogP contribution in [-0.2, 0) is 11.3 Å². The molecule has 1 aliphatic heterocycles. The largest absolute Gasteiger partial charge is 0.384 e. The van der Waals surface area contributed by atoms with Crippen LogP contribution in [0.3, 0.4) is 0 Å². The summed E-state index contributed by atoms with van der Waals surface area (Å²) in [6.07, 6.45) is 2.08. The van der Waals surface area contributed by atoms with Crippen molar-refractivity contribution in [2.24, 2.45) is 5.92 Å². The Morgan fingerprint density at radius 1 is 1.56 bits per heavy atom. The van der Waals surface area contributed by atoms with Gasteiger partial charge >= 0.3 is 0 Å². The molecule has 1 unspecified atom stereocenters. The summed E-state index contributed by atoms with van der Waals surface area (Å²) in [5, 5.41) is 0. The molecule has 2 rings (SSSR count). The molecule has 4 nitrogen and oxygen atoms in total. The maximum absolute atomic E-state index is 11.9. The van der Waals surface area contributed by atoms with Crippen molar-refractivity contribution in [2.45, 2.75) is 26.3 Å². The molecule has 86 valence electrons. The third-order valence-corrected chi connectivity index (χ3v) is 2.98. The number of piperidine rings is 1. The third kappa shape index (κ3) is 2.32. The fraction of sp³-hybridized carbons (Fsp3) is 0.500. The summed E-state index contributed by atoms with van der Waals surface area (Å²) >= 11 is 0. The number of nitrogens with two attached hydrogens (primary N) is 1. The second-order valence-corrected chi connectivity index (χ2v) is 4.36. The highest BCUT2D eigenvalue weighted by atomic mass is 16.2. The minimum absolute atomic E-state index is 0.148. The van der Waals surface area contributed by atoms with Crippen LogP contribution >= 0.6 is 0 Å². The van der Waals surface area contributed by atoms with E-state index in [4.69, 9.17) is 5.73 Å². The van der Waals surface area contributed by atoms with Gasteiger partial charge in [-0.05, 0) is 25.0 Å². The van der Waals surface area contributed by atoms with Crippen LogP contribution in [0.5, 0.6) is 0 Å². The summed E-state index contributed by atoms with van der Waals surface area (Å²) in [5.74, 6) is 0.889. The number of carbonyl (C=O) groups is 1. The van der Waals surface area contributed by atoms with Gasteiger partial charge < -0.3 is 10.6 Å². The normalized spacial score (nSPS) is 21.2. The molecule has 1 fully saturated rings. The minimum Gasteiger partial charge on any atom is -0.384 e. The summed E-state index contributed by atoms with van der Waals surface area (Å²) < 4.78 is 0. The highest BCUT2D eigenvalue weighted by Crippen LogP contribution is 2.19. The Morgan fingerprint density at radius 2 is 2.38 bits per heavy atom. The molecule has 1 amide bonds. The maximum atomic E-state index is 11.9. The van der Waals surface area contributed by atoms with Crippen LogP contribution in [0.2, 0.25) is 0 Å². The quantitative estimate of drug-likeness (QED) is 0.818. The number of likely N-dealkylation sites (tertiary alicyclic amines) is 1. The molecule has 1 atom stereocenters. The smallest absolute Gasteiger partial charge is 0.225 e. The zero-order valence-electron chi connectivity index (χ0n) is 9.52. The summed E-state index contributed by atoms with van der Waals surface area (Å²) in [4.78, 5) is 18.0. The van der Waals surface area contributed by atoms with Crippen LogP contribution in [0, 0.1) is 5.92 Å². The molecular weight excluding hydrogens is 202 g/mol. The zero-order chi connectivity index (χ0) is 11.5. The van der Waals surface area contributed by atoms with Crippen molar-refractivity contribution in [2.75, 3.05) is 12.3 Å². The van der Waals surface area contributed by atoms with Crippen LogP contribution in [0.1, 0.15) is 25.5 Å². The first-order chi connectivity index (χ1) is 7.66. The van der Waals surface area contributed by atoms with Gasteiger partial charge in [0.05, 0.1) is 12.2 Å². The van der Waals surface area contributed by atoms with Gasteiger partial charge in [0.1, 0.15) is 5.82 Å². The molecule has 2 N–H and O–H groups in total. The van der Waals surface area contributed by atoms with Crippen molar-refractivity contribution in [3.05, 3.63) is 23.9 Å². The molecule has 16 heavy (non-hydrogen) atoms. The first-order valence-electron chi connectivity index (χ1n) is 5.67. The number of aromatic nitrogens is 1. The van der Waals surface area contributed by atoms with Gasteiger partial charge in [-0.3, -0.25) is 4.79 Å². The number of hydrogen-bond acceptors (Lipinski definition) is 3.